The van der Waals surface area contributed by atoms with E-state index >= 15 is 0 Å². The third-order valence-corrected chi connectivity index (χ3v) is 7.13. The van der Waals surface area contributed by atoms with Crippen molar-refractivity contribution in [1.29, 1.82) is 0 Å². The summed E-state index contributed by atoms with van der Waals surface area (Å²) in [5.74, 6) is 0.724. The predicted molar refractivity (Wildman–Crippen MR) is 141 cm³/mol. The Bertz CT molecular complexity index is 1360. The van der Waals surface area contributed by atoms with Gasteiger partial charge < -0.3 is 15.3 Å². The SMILES string of the molecule is CCNC(=O)c1nnc(-c2cc3c(C4CCCC4)n[nH]c3cc2O)n1-c1ccc(N(CC)CC)cc1. The normalized spacial score (nSPS) is 14.0. The smallest absolute Gasteiger partial charge is 0.289 e. The maximum atomic E-state index is 12.9. The second-order valence-corrected chi connectivity index (χ2v) is 9.24. The van der Waals surface area contributed by atoms with Crippen LogP contribution in [-0.4, -0.2) is 55.6 Å². The minimum Gasteiger partial charge on any atom is -0.507 e. The lowest BCUT2D eigenvalue weighted by Gasteiger charge is -2.21. The fourth-order valence-electron chi connectivity index (χ4n) is 5.25. The van der Waals surface area contributed by atoms with E-state index in [0.29, 0.717) is 23.9 Å². The van der Waals surface area contributed by atoms with Crippen LogP contribution in [0.3, 0.4) is 0 Å². The second kappa shape index (κ2) is 10.0. The van der Waals surface area contributed by atoms with Crippen LogP contribution in [0.1, 0.15) is 68.7 Å². The summed E-state index contributed by atoms with van der Waals surface area (Å²) in [6.07, 6.45) is 4.65. The lowest BCUT2D eigenvalue weighted by Crippen LogP contribution is -2.26. The predicted octanol–water partition coefficient (Wildman–Crippen LogP) is 4.77. The number of hydrogen-bond donors (Lipinski definition) is 3. The van der Waals surface area contributed by atoms with E-state index in [-0.39, 0.29) is 17.5 Å². The van der Waals surface area contributed by atoms with Crippen molar-refractivity contribution in [2.45, 2.75) is 52.4 Å². The molecule has 2 aromatic carbocycles. The van der Waals surface area contributed by atoms with E-state index in [9.17, 15) is 9.90 Å². The molecule has 2 heterocycles. The van der Waals surface area contributed by atoms with E-state index in [4.69, 9.17) is 0 Å². The first kappa shape index (κ1) is 23.8. The Labute approximate surface area is 210 Å². The third kappa shape index (κ3) is 4.19. The molecule has 1 saturated carbocycles. The maximum absolute atomic E-state index is 12.9. The minimum atomic E-state index is -0.320. The molecule has 0 saturated heterocycles. The maximum Gasteiger partial charge on any atom is 0.289 e. The van der Waals surface area contributed by atoms with Crippen LogP contribution >= 0.6 is 0 Å². The van der Waals surface area contributed by atoms with Gasteiger partial charge in [-0.15, -0.1) is 10.2 Å². The standard InChI is InChI=1S/C27H33N7O2/c1-4-28-27(36)26-32-31-25(34(26)19-13-11-18(12-14-19)33(5-2)6-3)21-15-20-22(16-23(21)35)29-30-24(20)17-9-7-8-10-17/h11-17,35H,4-10H2,1-3H3,(H,28,36)(H,29,30). The molecule has 0 bridgehead atoms. The summed E-state index contributed by atoms with van der Waals surface area (Å²) in [7, 11) is 0. The van der Waals surface area contributed by atoms with Crippen molar-refractivity contribution in [3.05, 3.63) is 47.9 Å². The lowest BCUT2D eigenvalue weighted by atomic mass is 9.99. The average molecular weight is 488 g/mol. The third-order valence-electron chi connectivity index (χ3n) is 7.13. The first-order valence-corrected chi connectivity index (χ1v) is 12.9. The zero-order chi connectivity index (χ0) is 25.2. The second-order valence-electron chi connectivity index (χ2n) is 9.24. The Hall–Kier alpha value is -3.88. The number of nitrogens with zero attached hydrogens (tertiary/aromatic N) is 5. The number of phenolic OH excluding ortho intramolecular Hbond substituents is 1. The average Bonchev–Trinajstić information content (AvgIpc) is 3.64. The fourth-order valence-corrected chi connectivity index (χ4v) is 5.25. The van der Waals surface area contributed by atoms with Crippen molar-refractivity contribution in [2.24, 2.45) is 0 Å². The van der Waals surface area contributed by atoms with Crippen LogP contribution < -0.4 is 10.2 Å². The Balaban J connectivity index is 1.65. The van der Waals surface area contributed by atoms with Gasteiger partial charge in [-0.25, -0.2) is 0 Å². The Morgan fingerprint density at radius 2 is 1.83 bits per heavy atom. The van der Waals surface area contributed by atoms with Gasteiger partial charge in [0.2, 0.25) is 5.82 Å². The number of nitrogens with one attached hydrogen (secondary N) is 2. The lowest BCUT2D eigenvalue weighted by molar-refractivity contribution is 0.0943. The van der Waals surface area contributed by atoms with E-state index in [1.165, 1.54) is 12.8 Å². The summed E-state index contributed by atoms with van der Waals surface area (Å²) in [4.78, 5) is 15.2. The summed E-state index contributed by atoms with van der Waals surface area (Å²) in [5.41, 5.74) is 4.18. The number of amides is 1. The van der Waals surface area contributed by atoms with Crippen LogP contribution in [0.2, 0.25) is 0 Å². The molecule has 3 N–H and O–H groups in total. The molecule has 4 aromatic rings. The summed E-state index contributed by atoms with van der Waals surface area (Å²) >= 11 is 0. The number of fused-ring (bicyclic) bond motifs is 1. The van der Waals surface area contributed by atoms with Crippen LogP contribution in [0, 0.1) is 0 Å². The van der Waals surface area contributed by atoms with Crippen LogP contribution in [0.15, 0.2) is 36.4 Å². The molecule has 2 aromatic heterocycles. The molecule has 188 valence electrons. The number of carbonyl (C=O) groups is 1. The molecule has 1 fully saturated rings. The molecular weight excluding hydrogens is 454 g/mol. The van der Waals surface area contributed by atoms with Gasteiger partial charge in [-0.05, 0) is 63.9 Å². The molecule has 1 amide bonds. The van der Waals surface area contributed by atoms with Crippen LogP contribution in [0.5, 0.6) is 5.75 Å². The van der Waals surface area contributed by atoms with Gasteiger partial charge in [-0.2, -0.15) is 5.10 Å². The number of anilines is 1. The number of benzene rings is 2. The van der Waals surface area contributed by atoms with Crippen molar-refractivity contribution >= 4 is 22.5 Å². The highest BCUT2D eigenvalue weighted by molar-refractivity contribution is 5.93. The van der Waals surface area contributed by atoms with E-state index < -0.39 is 0 Å². The quantitative estimate of drug-likeness (QED) is 0.330. The van der Waals surface area contributed by atoms with Gasteiger partial charge in [0.15, 0.2) is 5.82 Å². The van der Waals surface area contributed by atoms with Gasteiger partial charge in [-0.3, -0.25) is 14.5 Å². The topological polar surface area (TPSA) is 112 Å². The Kier molecular flexibility index (Phi) is 6.63. The zero-order valence-electron chi connectivity index (χ0n) is 21.1. The molecule has 0 aliphatic heterocycles. The van der Waals surface area contributed by atoms with Crippen molar-refractivity contribution in [3.8, 4) is 22.8 Å². The highest BCUT2D eigenvalue weighted by atomic mass is 16.3. The molecule has 5 rings (SSSR count). The molecule has 0 atom stereocenters. The van der Waals surface area contributed by atoms with Gasteiger partial charge in [0.1, 0.15) is 5.75 Å². The highest BCUT2D eigenvalue weighted by Crippen LogP contribution is 2.40. The van der Waals surface area contributed by atoms with Gasteiger partial charge in [0, 0.05) is 48.4 Å². The summed E-state index contributed by atoms with van der Waals surface area (Å²) in [6.45, 7) is 8.38. The Morgan fingerprint density at radius 3 is 2.50 bits per heavy atom. The summed E-state index contributed by atoms with van der Waals surface area (Å²) < 4.78 is 1.72. The van der Waals surface area contributed by atoms with Gasteiger partial charge in [-0.1, -0.05) is 12.8 Å². The molecule has 1 aliphatic rings. The largest absolute Gasteiger partial charge is 0.507 e. The molecule has 0 unspecified atom stereocenters. The number of phenols is 1. The monoisotopic (exact) mass is 487 g/mol. The molecule has 9 nitrogen and oxygen atoms in total. The molecule has 0 radical (unpaired) electrons. The van der Waals surface area contributed by atoms with Crippen LogP contribution in [0.4, 0.5) is 5.69 Å². The Morgan fingerprint density at radius 1 is 1.11 bits per heavy atom. The highest BCUT2D eigenvalue weighted by Gasteiger charge is 2.26. The minimum absolute atomic E-state index is 0.0555. The van der Waals surface area contributed by atoms with Crippen molar-refractivity contribution in [2.75, 3.05) is 24.5 Å². The molecule has 36 heavy (non-hydrogen) atoms. The van der Waals surface area contributed by atoms with Gasteiger partial charge >= 0.3 is 0 Å². The van der Waals surface area contributed by atoms with Gasteiger partial charge in [0.25, 0.3) is 5.91 Å². The van der Waals surface area contributed by atoms with Crippen molar-refractivity contribution < 1.29 is 9.90 Å². The number of carbonyl (C=O) groups excluding carboxylic acids is 1. The number of hydrogen-bond acceptors (Lipinski definition) is 6. The van der Waals surface area contributed by atoms with E-state index in [1.54, 1.807) is 10.6 Å². The summed E-state index contributed by atoms with van der Waals surface area (Å²) in [6, 6.07) is 11.6. The molecule has 1 aliphatic carbocycles. The zero-order valence-corrected chi connectivity index (χ0v) is 21.1. The molecule has 0 spiro atoms. The van der Waals surface area contributed by atoms with Crippen LogP contribution in [0.25, 0.3) is 28.0 Å². The van der Waals surface area contributed by atoms with Crippen molar-refractivity contribution in [3.63, 3.8) is 0 Å². The van der Waals surface area contributed by atoms with E-state index in [2.05, 4.69) is 44.5 Å². The molecule has 9 heteroatoms. The number of rotatable bonds is 8. The number of aromatic amines is 1. The fraction of sp³-hybridized carbons (Fsp3) is 0.407. The van der Waals surface area contributed by atoms with Crippen LogP contribution in [-0.2, 0) is 0 Å². The first-order valence-electron chi connectivity index (χ1n) is 12.9. The number of aromatic nitrogens is 5. The number of aromatic hydroxyl groups is 1. The molecular formula is C27H33N7O2. The number of H-pyrrole nitrogens is 1. The van der Waals surface area contributed by atoms with E-state index in [1.807, 2.05) is 37.3 Å². The van der Waals surface area contributed by atoms with Crippen molar-refractivity contribution in [1.82, 2.24) is 30.3 Å². The first-order chi connectivity index (χ1) is 17.5. The van der Waals surface area contributed by atoms with E-state index in [0.717, 1.165) is 53.9 Å². The van der Waals surface area contributed by atoms with Gasteiger partial charge in [0.05, 0.1) is 16.8 Å². The summed E-state index contributed by atoms with van der Waals surface area (Å²) in [5, 5.41) is 31.1.